The molecule has 0 spiro atoms. The van der Waals surface area contributed by atoms with E-state index in [-0.39, 0.29) is 29.4 Å². The molecule has 0 unspecified atom stereocenters. The number of nitrogens with one attached hydrogen (secondary N) is 1. The number of aromatic amines is 1. The maximum absolute atomic E-state index is 13.5. The summed E-state index contributed by atoms with van der Waals surface area (Å²) in [5.74, 6) is -0.254. The number of nitrogens with zero attached hydrogens (tertiary/aromatic N) is 1. The second kappa shape index (κ2) is 11.5. The molecule has 1 saturated heterocycles. The van der Waals surface area contributed by atoms with E-state index in [0.29, 0.717) is 23.7 Å². The molecule has 1 aliphatic carbocycles. The van der Waals surface area contributed by atoms with Gasteiger partial charge in [-0.3, -0.25) is 9.69 Å². The molecule has 2 aliphatic heterocycles. The van der Waals surface area contributed by atoms with Crippen molar-refractivity contribution in [2.45, 2.75) is 37.5 Å². The van der Waals surface area contributed by atoms with E-state index in [1.54, 1.807) is 19.2 Å². The van der Waals surface area contributed by atoms with Crippen LogP contribution in [0.2, 0.25) is 0 Å². The summed E-state index contributed by atoms with van der Waals surface area (Å²) in [6, 6.07) is 11.7. The molecule has 1 aromatic heterocycles. The summed E-state index contributed by atoms with van der Waals surface area (Å²) in [6.45, 7) is 1.74. The molecule has 6 atom stereocenters. The van der Waals surface area contributed by atoms with E-state index < -0.39 is 24.1 Å². The number of fused-ring (bicyclic) bond motifs is 6. The predicted molar refractivity (Wildman–Crippen MR) is 154 cm³/mol. The van der Waals surface area contributed by atoms with Gasteiger partial charge in [0.15, 0.2) is 11.5 Å². The number of H-pyrrole nitrogens is 1. The summed E-state index contributed by atoms with van der Waals surface area (Å²) in [5.41, 5.74) is 4.01. The van der Waals surface area contributed by atoms with Crippen LogP contribution in [-0.4, -0.2) is 82.7 Å². The molecule has 3 aliphatic rings. The zero-order valence-corrected chi connectivity index (χ0v) is 24.7. The van der Waals surface area contributed by atoms with Gasteiger partial charge < -0.3 is 33.4 Å². The first-order valence-electron chi connectivity index (χ1n) is 14.4. The Kier molecular flexibility index (Phi) is 7.76. The number of aromatic nitrogens is 1. The van der Waals surface area contributed by atoms with Gasteiger partial charge in [-0.15, -0.1) is 0 Å². The molecule has 2 fully saturated rings. The number of methoxy groups -OCH3 is 5. The molecular weight excluding hydrogens is 540 g/mol. The van der Waals surface area contributed by atoms with Crippen LogP contribution in [0.5, 0.6) is 17.2 Å². The van der Waals surface area contributed by atoms with Gasteiger partial charge in [-0.05, 0) is 54.9 Å². The monoisotopic (exact) mass is 578 g/mol. The largest absolute Gasteiger partial charge is 0.493 e. The van der Waals surface area contributed by atoms with Gasteiger partial charge in [-0.25, -0.2) is 4.79 Å². The van der Waals surface area contributed by atoms with Crippen molar-refractivity contribution in [3.05, 3.63) is 53.2 Å². The fraction of sp³-hybridized carbons (Fsp3) is 0.500. The van der Waals surface area contributed by atoms with Gasteiger partial charge in [0.05, 0.1) is 46.0 Å². The number of piperidine rings is 1. The second-order valence-corrected chi connectivity index (χ2v) is 11.3. The van der Waals surface area contributed by atoms with Crippen molar-refractivity contribution in [3.63, 3.8) is 0 Å². The van der Waals surface area contributed by atoms with E-state index >= 15 is 0 Å². The highest BCUT2D eigenvalue weighted by Gasteiger charge is 2.54. The molecular formula is C32H38N2O8. The predicted octanol–water partition coefficient (Wildman–Crippen LogP) is 4.16. The maximum atomic E-state index is 13.5. The first-order valence-corrected chi connectivity index (χ1v) is 14.4. The number of hydrogen-bond acceptors (Lipinski definition) is 9. The molecule has 10 heteroatoms. The standard InChI is InChI=1S/C32H38N2O8/c1-37-24-12-17(13-25(38-2)29(24)39-3)31(35)42-26-14-18-16-34-11-10-20-19-8-6-7-9-22(19)33-28(20)23(34)15-21(18)27(30(26)40-4)32(36)41-5/h6-9,12-13,18,21,23,26-27,30,33H,10-11,14-16H2,1-5H3/t18-,21+,23+,26-,27+,30+/m1/s1. The van der Waals surface area contributed by atoms with E-state index in [2.05, 4.69) is 34.1 Å². The van der Waals surface area contributed by atoms with Crippen molar-refractivity contribution in [2.75, 3.05) is 48.6 Å². The highest BCUT2D eigenvalue weighted by molar-refractivity contribution is 5.91. The fourth-order valence-corrected chi connectivity index (χ4v) is 7.60. The smallest absolute Gasteiger partial charge is 0.338 e. The van der Waals surface area contributed by atoms with Crippen LogP contribution in [0.3, 0.4) is 0 Å². The van der Waals surface area contributed by atoms with Crippen LogP contribution in [0, 0.1) is 17.8 Å². The summed E-state index contributed by atoms with van der Waals surface area (Å²) in [7, 11) is 7.45. The van der Waals surface area contributed by atoms with Crippen molar-refractivity contribution in [3.8, 4) is 17.2 Å². The Labute approximate surface area is 245 Å². The van der Waals surface area contributed by atoms with Crippen LogP contribution in [0.1, 0.15) is 40.5 Å². The first kappa shape index (κ1) is 28.4. The molecule has 1 N–H and O–H groups in total. The Morgan fingerprint density at radius 3 is 2.36 bits per heavy atom. The van der Waals surface area contributed by atoms with Gasteiger partial charge >= 0.3 is 11.9 Å². The number of benzene rings is 2. The third-order valence-electron chi connectivity index (χ3n) is 9.46. The SMILES string of the molecule is COC(=O)[C@H]1[C@H]2C[C@H]3c4[nH]c5ccccc5c4CCN3C[C@H]2C[C@@H](OC(=O)c2cc(OC)c(OC)c(OC)c2)[C@@H]1OC. The zero-order valence-electron chi connectivity index (χ0n) is 24.7. The number of carbonyl (C=O) groups is 2. The number of carbonyl (C=O) groups excluding carboxylic acids is 2. The minimum Gasteiger partial charge on any atom is -0.493 e. The topological polar surface area (TPSA) is 109 Å². The summed E-state index contributed by atoms with van der Waals surface area (Å²) >= 11 is 0. The van der Waals surface area contributed by atoms with E-state index in [1.165, 1.54) is 45.1 Å². The van der Waals surface area contributed by atoms with Gasteiger partial charge in [0.25, 0.3) is 0 Å². The molecule has 1 saturated carbocycles. The Morgan fingerprint density at radius 2 is 1.69 bits per heavy atom. The van der Waals surface area contributed by atoms with E-state index in [0.717, 1.165) is 31.4 Å². The quantitative estimate of drug-likeness (QED) is 0.414. The van der Waals surface area contributed by atoms with Gasteiger partial charge in [-0.2, -0.15) is 0 Å². The van der Waals surface area contributed by atoms with Gasteiger partial charge in [0, 0.05) is 36.8 Å². The van der Waals surface area contributed by atoms with Gasteiger partial charge in [-0.1, -0.05) is 18.2 Å². The van der Waals surface area contributed by atoms with Crippen LogP contribution in [0.15, 0.2) is 36.4 Å². The first-order chi connectivity index (χ1) is 20.4. The molecule has 3 aromatic rings. The fourth-order valence-electron chi connectivity index (χ4n) is 7.60. The lowest BCUT2D eigenvalue weighted by atomic mass is 9.63. The van der Waals surface area contributed by atoms with Crippen LogP contribution < -0.4 is 14.2 Å². The van der Waals surface area contributed by atoms with Crippen LogP contribution >= 0.6 is 0 Å². The number of hydrogen-bond donors (Lipinski definition) is 1. The Morgan fingerprint density at radius 1 is 0.952 bits per heavy atom. The van der Waals surface area contributed by atoms with E-state index in [9.17, 15) is 9.59 Å². The number of para-hydroxylation sites is 1. The summed E-state index contributed by atoms with van der Waals surface area (Å²) in [4.78, 5) is 33.1. The summed E-state index contributed by atoms with van der Waals surface area (Å²) in [5, 5.41) is 1.27. The Hall–Kier alpha value is -3.76. The van der Waals surface area contributed by atoms with Gasteiger partial charge in [0.2, 0.25) is 5.75 Å². The Bertz CT molecular complexity index is 1460. The number of ether oxygens (including phenoxy) is 6. The maximum Gasteiger partial charge on any atom is 0.338 e. The van der Waals surface area contributed by atoms with Crippen LogP contribution in [0.25, 0.3) is 10.9 Å². The Balaban J connectivity index is 1.29. The molecule has 224 valence electrons. The van der Waals surface area contributed by atoms with Crippen molar-refractivity contribution >= 4 is 22.8 Å². The van der Waals surface area contributed by atoms with Crippen molar-refractivity contribution in [1.82, 2.24) is 9.88 Å². The van der Waals surface area contributed by atoms with E-state index in [1.807, 2.05) is 0 Å². The molecule has 42 heavy (non-hydrogen) atoms. The zero-order chi connectivity index (χ0) is 29.5. The summed E-state index contributed by atoms with van der Waals surface area (Å²) < 4.78 is 33.6. The molecule has 2 aromatic carbocycles. The lowest BCUT2D eigenvalue weighted by Gasteiger charge is -2.52. The highest BCUT2D eigenvalue weighted by Crippen LogP contribution is 2.50. The van der Waals surface area contributed by atoms with E-state index in [4.69, 9.17) is 28.4 Å². The molecule has 0 bridgehead atoms. The number of esters is 2. The minimum absolute atomic E-state index is 0.0112. The van der Waals surface area contributed by atoms with Crippen molar-refractivity contribution < 1.29 is 38.0 Å². The molecule has 3 heterocycles. The summed E-state index contributed by atoms with van der Waals surface area (Å²) in [6.07, 6.45) is 1.04. The third kappa shape index (κ3) is 4.66. The highest BCUT2D eigenvalue weighted by atomic mass is 16.6. The average Bonchev–Trinajstić information content (AvgIpc) is 3.41. The lowest BCUT2D eigenvalue weighted by molar-refractivity contribution is -0.176. The van der Waals surface area contributed by atoms with Crippen LogP contribution in [-0.2, 0) is 25.4 Å². The second-order valence-electron chi connectivity index (χ2n) is 11.3. The molecule has 6 rings (SSSR count). The lowest BCUT2D eigenvalue weighted by Crippen LogP contribution is -2.58. The molecule has 10 nitrogen and oxygen atoms in total. The van der Waals surface area contributed by atoms with Crippen molar-refractivity contribution in [2.24, 2.45) is 17.8 Å². The molecule has 0 amide bonds. The normalized spacial score (nSPS) is 26.9. The van der Waals surface area contributed by atoms with Gasteiger partial charge in [0.1, 0.15) is 12.2 Å². The third-order valence-corrected chi connectivity index (χ3v) is 9.46. The average molecular weight is 579 g/mol. The number of rotatable bonds is 7. The van der Waals surface area contributed by atoms with Crippen molar-refractivity contribution in [1.29, 1.82) is 0 Å². The molecule has 0 radical (unpaired) electrons. The van der Waals surface area contributed by atoms with Crippen LogP contribution in [0.4, 0.5) is 0 Å². The minimum atomic E-state index is -0.651.